The van der Waals surface area contributed by atoms with Crippen molar-refractivity contribution in [2.24, 2.45) is 0 Å². The number of phosphoric ester groups is 1. The summed E-state index contributed by atoms with van der Waals surface area (Å²) in [5.41, 5.74) is 0. The van der Waals surface area contributed by atoms with Crippen molar-refractivity contribution in [3.05, 3.63) is 109 Å². The predicted octanol–water partition coefficient (Wildman–Crippen LogP) is 22.6. The number of unbranched alkanes of at least 4 members (excludes halogenated alkanes) is 33. The van der Waals surface area contributed by atoms with E-state index in [1.807, 2.05) is 33.3 Å². The number of amides is 1. The van der Waals surface area contributed by atoms with Gasteiger partial charge in [-0.05, 0) is 115 Å². The van der Waals surface area contributed by atoms with E-state index in [2.05, 4.69) is 123 Å². The van der Waals surface area contributed by atoms with Crippen LogP contribution >= 0.6 is 7.82 Å². The van der Waals surface area contributed by atoms with Gasteiger partial charge in [-0.15, -0.1) is 0 Å². The third-order valence-corrected chi connectivity index (χ3v) is 16.7. The smallest absolute Gasteiger partial charge is 0.306 e. The van der Waals surface area contributed by atoms with Crippen LogP contribution in [-0.4, -0.2) is 69.4 Å². The molecule has 0 aromatic rings. The fourth-order valence-corrected chi connectivity index (χ4v) is 10.9. The molecule has 0 saturated heterocycles. The van der Waals surface area contributed by atoms with E-state index in [0.29, 0.717) is 17.4 Å². The molecule has 10 heteroatoms. The summed E-state index contributed by atoms with van der Waals surface area (Å²) in [4.78, 5) is 40.2. The topological polar surface area (TPSA) is 114 Å². The van der Waals surface area contributed by atoms with Gasteiger partial charge in [0.2, 0.25) is 5.91 Å². The SMILES string of the molecule is CC/C=C\C/C=C\C/C=C\C/C=C\C/C=C\C/C=C\CCCCCCCCC(=O)NC(COP(=O)([O-])OCC[N+](C)(C)C)C(/C=C/CCCCCCCCCCC)OC(=O)CCCCCCCCCCCCCCCCC/C=C\C/C=C\CCCCC. The van der Waals surface area contributed by atoms with Crippen LogP contribution in [0, 0.1) is 0 Å². The summed E-state index contributed by atoms with van der Waals surface area (Å²) >= 11 is 0. The lowest BCUT2D eigenvalue weighted by molar-refractivity contribution is -0.870. The summed E-state index contributed by atoms with van der Waals surface area (Å²) in [6, 6.07) is -0.903. The second-order valence-corrected chi connectivity index (χ2v) is 26.8. The van der Waals surface area contributed by atoms with Gasteiger partial charge in [0, 0.05) is 12.8 Å². The molecule has 0 aliphatic carbocycles. The first kappa shape index (κ1) is 83.7. The lowest BCUT2D eigenvalue weighted by Crippen LogP contribution is -2.47. The molecule has 0 aliphatic heterocycles. The summed E-state index contributed by atoms with van der Waals surface area (Å²) in [7, 11) is 1.17. The summed E-state index contributed by atoms with van der Waals surface area (Å²) in [6.45, 7) is 6.71. The van der Waals surface area contributed by atoms with E-state index in [4.69, 9.17) is 13.8 Å². The number of likely N-dealkylation sites (N-methyl/N-ethyl adjacent to an activating group) is 1. The van der Waals surface area contributed by atoms with Gasteiger partial charge in [-0.3, -0.25) is 14.2 Å². The van der Waals surface area contributed by atoms with Gasteiger partial charge >= 0.3 is 5.97 Å². The third-order valence-electron chi connectivity index (χ3n) is 15.7. The molecule has 0 aromatic heterocycles. The van der Waals surface area contributed by atoms with Crippen molar-refractivity contribution in [2.45, 2.75) is 328 Å². The standard InChI is InChI=1S/C77H137N2O7P/c1-7-10-13-16-19-22-25-27-29-31-33-35-37-39-41-43-45-47-49-51-54-57-60-63-66-69-76(80)78-74(73-85-87(82,83)84-72-71-79(4,5)6)75(68-65-62-59-56-53-24-21-18-15-12-9-3)86-77(81)70-67-64-61-58-55-52-50-48-46-44-42-40-38-36-34-32-30-28-26-23-20-17-14-11-8-2/h10,13,19-20,22-23,27-30,33,35,39,41,45,47,65,68,74-75H,7-9,11-12,14-18,21,24-26,31-32,34,36-38,40,42-44,46,48-64,66-67,69-73H2,1-6H3,(H-,78,80,82,83)/b13-10-,22-19-,23-20-,29-27-,30-28-,35-33-,41-39-,47-45-,68-65+. The van der Waals surface area contributed by atoms with Crippen molar-refractivity contribution >= 4 is 19.7 Å². The summed E-state index contributed by atoms with van der Waals surface area (Å²) in [5.74, 6) is -0.556. The number of hydrogen-bond acceptors (Lipinski definition) is 7. The molecule has 9 nitrogen and oxygen atoms in total. The van der Waals surface area contributed by atoms with Crippen LogP contribution in [0.3, 0.4) is 0 Å². The Labute approximate surface area is 538 Å². The molecule has 0 rings (SSSR count). The monoisotopic (exact) mass is 1230 g/mol. The van der Waals surface area contributed by atoms with Gasteiger partial charge in [0.15, 0.2) is 0 Å². The molecule has 0 heterocycles. The minimum absolute atomic E-state index is 0.0297. The van der Waals surface area contributed by atoms with Crippen molar-refractivity contribution in [2.75, 3.05) is 40.9 Å². The molecular weight excluding hydrogens is 1100 g/mol. The molecule has 1 N–H and O–H groups in total. The van der Waals surface area contributed by atoms with Crippen molar-refractivity contribution < 1.29 is 37.3 Å². The molecule has 0 aromatic carbocycles. The highest BCUT2D eigenvalue weighted by Crippen LogP contribution is 2.38. The average molecular weight is 1230 g/mol. The van der Waals surface area contributed by atoms with Crippen molar-refractivity contribution in [1.29, 1.82) is 0 Å². The maximum absolute atomic E-state index is 13.6. The molecule has 3 unspecified atom stereocenters. The van der Waals surface area contributed by atoms with Crippen molar-refractivity contribution in [1.82, 2.24) is 5.32 Å². The Morgan fingerprint density at radius 2 is 0.736 bits per heavy atom. The largest absolute Gasteiger partial charge is 0.756 e. The first-order valence-electron chi connectivity index (χ1n) is 36.2. The number of allylic oxidation sites excluding steroid dienone is 17. The fourth-order valence-electron chi connectivity index (χ4n) is 10.1. The van der Waals surface area contributed by atoms with Crippen LogP contribution in [0.2, 0.25) is 0 Å². The molecule has 0 fully saturated rings. The van der Waals surface area contributed by atoms with Crippen LogP contribution in [0.15, 0.2) is 109 Å². The van der Waals surface area contributed by atoms with Gasteiger partial charge < -0.3 is 28.5 Å². The molecular formula is C77H137N2O7P. The minimum Gasteiger partial charge on any atom is -0.756 e. The van der Waals surface area contributed by atoms with Gasteiger partial charge in [-0.2, -0.15) is 0 Å². The number of ether oxygens (including phenoxy) is 1. The normalized spacial score (nSPS) is 14.1. The molecule has 0 bridgehead atoms. The number of nitrogens with one attached hydrogen (secondary N) is 1. The Hall–Kier alpha value is -3.33. The zero-order chi connectivity index (χ0) is 63.5. The van der Waals surface area contributed by atoms with Gasteiger partial charge in [-0.1, -0.05) is 297 Å². The number of carbonyl (C=O) groups excluding carboxylic acids is 2. The molecule has 1 amide bonds. The maximum atomic E-state index is 13.6. The van der Waals surface area contributed by atoms with Crippen LogP contribution in [-0.2, 0) is 27.9 Å². The minimum atomic E-state index is -4.71. The highest BCUT2D eigenvalue weighted by molar-refractivity contribution is 7.45. The number of nitrogens with zero attached hydrogens (tertiary/aromatic N) is 1. The maximum Gasteiger partial charge on any atom is 0.306 e. The molecule has 502 valence electrons. The Bertz CT molecular complexity index is 1860. The zero-order valence-electron chi connectivity index (χ0n) is 57.4. The summed E-state index contributed by atoms with van der Waals surface area (Å²) in [6.07, 6.45) is 90.7. The highest BCUT2D eigenvalue weighted by atomic mass is 31.2. The van der Waals surface area contributed by atoms with Gasteiger partial charge in [0.25, 0.3) is 7.82 Å². The Kier molecular flexibility index (Phi) is 63.1. The van der Waals surface area contributed by atoms with Crippen LogP contribution in [0.5, 0.6) is 0 Å². The Morgan fingerprint density at radius 3 is 1.13 bits per heavy atom. The number of carbonyl (C=O) groups is 2. The fraction of sp³-hybridized carbons (Fsp3) is 0.740. The number of esters is 1. The highest BCUT2D eigenvalue weighted by Gasteiger charge is 2.27. The molecule has 3 atom stereocenters. The second kappa shape index (κ2) is 65.6. The number of rotatable bonds is 65. The van der Waals surface area contributed by atoms with E-state index < -0.39 is 26.6 Å². The quantitative estimate of drug-likeness (QED) is 0.0212. The second-order valence-electron chi connectivity index (χ2n) is 25.4. The van der Waals surface area contributed by atoms with Crippen molar-refractivity contribution in [3.63, 3.8) is 0 Å². The van der Waals surface area contributed by atoms with Crippen LogP contribution in [0.4, 0.5) is 0 Å². The first-order valence-corrected chi connectivity index (χ1v) is 37.7. The van der Waals surface area contributed by atoms with E-state index in [-0.39, 0.29) is 24.9 Å². The Balaban J connectivity index is 5.04. The van der Waals surface area contributed by atoms with E-state index in [0.717, 1.165) is 128 Å². The van der Waals surface area contributed by atoms with Gasteiger partial charge in [0.1, 0.15) is 19.3 Å². The van der Waals surface area contributed by atoms with Crippen LogP contribution in [0.1, 0.15) is 316 Å². The van der Waals surface area contributed by atoms with E-state index in [1.54, 1.807) is 0 Å². The predicted molar refractivity (Wildman–Crippen MR) is 376 cm³/mol. The molecule has 0 aliphatic rings. The zero-order valence-corrected chi connectivity index (χ0v) is 58.3. The van der Waals surface area contributed by atoms with Crippen molar-refractivity contribution in [3.8, 4) is 0 Å². The number of phosphoric acid groups is 1. The molecule has 87 heavy (non-hydrogen) atoms. The average Bonchev–Trinajstić information content (AvgIpc) is 3.70. The molecule has 0 spiro atoms. The lowest BCUT2D eigenvalue weighted by atomic mass is 10.0. The number of hydrogen-bond donors (Lipinski definition) is 1. The molecule has 0 radical (unpaired) electrons. The van der Waals surface area contributed by atoms with Crippen LogP contribution in [0.25, 0.3) is 0 Å². The number of quaternary nitrogens is 1. The van der Waals surface area contributed by atoms with Crippen LogP contribution < -0.4 is 10.2 Å². The molecule has 0 saturated carbocycles. The summed E-state index contributed by atoms with van der Waals surface area (Å²) in [5, 5.41) is 3.03. The van der Waals surface area contributed by atoms with E-state index >= 15 is 0 Å². The van der Waals surface area contributed by atoms with Gasteiger partial charge in [-0.25, -0.2) is 0 Å². The van der Waals surface area contributed by atoms with E-state index in [1.165, 1.54) is 154 Å². The first-order chi connectivity index (χ1) is 42.4. The third kappa shape index (κ3) is 66.9. The van der Waals surface area contributed by atoms with Gasteiger partial charge in [0.05, 0.1) is 33.8 Å². The summed E-state index contributed by atoms with van der Waals surface area (Å²) < 4.78 is 30.4. The Morgan fingerprint density at radius 1 is 0.414 bits per heavy atom. The lowest BCUT2D eigenvalue weighted by Gasteiger charge is -2.30. The van der Waals surface area contributed by atoms with E-state index in [9.17, 15) is 19.0 Å².